The molecule has 0 saturated carbocycles. The average molecular weight is 196 g/mol. The number of carbonyl (C=O) groups excluding carboxylic acids is 1. The van der Waals surface area contributed by atoms with Gasteiger partial charge in [-0.2, -0.15) is 5.10 Å². The van der Waals surface area contributed by atoms with E-state index in [9.17, 15) is 4.79 Å². The van der Waals surface area contributed by atoms with Crippen LogP contribution in [0.4, 0.5) is 0 Å². The lowest BCUT2D eigenvalue weighted by molar-refractivity contribution is 0.0947. The smallest absolute Gasteiger partial charge is 0.271 e. The van der Waals surface area contributed by atoms with Gasteiger partial charge in [-0.15, -0.1) is 0 Å². The number of carbonyl (C=O) groups is 1. The van der Waals surface area contributed by atoms with Gasteiger partial charge in [-0.1, -0.05) is 0 Å². The standard InChI is InChI=1S/C9H16N4O/c1-7(10)3-5-11-9(14)8-4-6-13(2)12-8/h4,6-7H,3,5,10H2,1-2H3,(H,11,14). The Morgan fingerprint density at radius 3 is 3.00 bits per heavy atom. The summed E-state index contributed by atoms with van der Waals surface area (Å²) in [5, 5.41) is 6.73. The van der Waals surface area contributed by atoms with Crippen LogP contribution in [0.15, 0.2) is 12.3 Å². The van der Waals surface area contributed by atoms with Gasteiger partial charge in [0.05, 0.1) is 0 Å². The van der Waals surface area contributed by atoms with Crippen molar-refractivity contribution in [1.82, 2.24) is 15.1 Å². The summed E-state index contributed by atoms with van der Waals surface area (Å²) in [5.74, 6) is -0.147. The Kier molecular flexibility index (Phi) is 3.64. The van der Waals surface area contributed by atoms with Crippen molar-refractivity contribution in [3.8, 4) is 0 Å². The molecule has 0 radical (unpaired) electrons. The minimum Gasteiger partial charge on any atom is -0.351 e. The second kappa shape index (κ2) is 4.76. The number of nitrogens with one attached hydrogen (secondary N) is 1. The summed E-state index contributed by atoms with van der Waals surface area (Å²) in [6, 6.07) is 1.79. The zero-order chi connectivity index (χ0) is 10.6. The quantitative estimate of drug-likeness (QED) is 0.705. The van der Waals surface area contributed by atoms with Crippen LogP contribution >= 0.6 is 0 Å². The molecule has 0 aliphatic rings. The first kappa shape index (κ1) is 10.7. The van der Waals surface area contributed by atoms with Crippen molar-refractivity contribution < 1.29 is 4.79 Å². The SMILES string of the molecule is CC(N)CCNC(=O)c1ccn(C)n1. The number of nitrogens with two attached hydrogens (primary N) is 1. The Balaban J connectivity index is 2.36. The van der Waals surface area contributed by atoms with Crippen LogP contribution in [0.2, 0.25) is 0 Å². The van der Waals surface area contributed by atoms with Crippen LogP contribution in [0.5, 0.6) is 0 Å². The number of amides is 1. The molecule has 5 heteroatoms. The predicted octanol–water partition coefficient (Wildman–Crippen LogP) is -0.113. The third kappa shape index (κ3) is 3.18. The summed E-state index contributed by atoms with van der Waals surface area (Å²) in [6.45, 7) is 2.50. The number of aryl methyl sites for hydroxylation is 1. The van der Waals surface area contributed by atoms with Crippen LogP contribution in [-0.2, 0) is 7.05 Å². The maximum absolute atomic E-state index is 11.4. The van der Waals surface area contributed by atoms with E-state index in [1.54, 1.807) is 24.0 Å². The van der Waals surface area contributed by atoms with Gasteiger partial charge in [0.15, 0.2) is 0 Å². The number of hydrogen-bond donors (Lipinski definition) is 2. The van der Waals surface area contributed by atoms with Crippen LogP contribution in [0, 0.1) is 0 Å². The summed E-state index contributed by atoms with van der Waals surface area (Å²) >= 11 is 0. The van der Waals surface area contributed by atoms with Gasteiger partial charge in [-0.25, -0.2) is 0 Å². The van der Waals surface area contributed by atoms with Gasteiger partial charge >= 0.3 is 0 Å². The summed E-state index contributed by atoms with van der Waals surface area (Å²) in [4.78, 5) is 11.4. The maximum atomic E-state index is 11.4. The van der Waals surface area contributed by atoms with Crippen LogP contribution in [0.1, 0.15) is 23.8 Å². The van der Waals surface area contributed by atoms with Gasteiger partial charge in [0, 0.05) is 25.8 Å². The van der Waals surface area contributed by atoms with E-state index in [4.69, 9.17) is 5.73 Å². The molecule has 1 atom stereocenters. The second-order valence-corrected chi connectivity index (χ2v) is 3.40. The van der Waals surface area contributed by atoms with Crippen molar-refractivity contribution in [3.63, 3.8) is 0 Å². The molecule has 1 heterocycles. The number of rotatable bonds is 4. The minimum atomic E-state index is -0.147. The molecule has 14 heavy (non-hydrogen) atoms. The lowest BCUT2D eigenvalue weighted by Crippen LogP contribution is -2.29. The van der Waals surface area contributed by atoms with Crippen LogP contribution in [0.3, 0.4) is 0 Å². The molecular formula is C9H16N4O. The van der Waals surface area contributed by atoms with E-state index >= 15 is 0 Å². The van der Waals surface area contributed by atoms with E-state index in [1.165, 1.54) is 0 Å². The average Bonchev–Trinajstić information content (AvgIpc) is 2.51. The Hall–Kier alpha value is -1.36. The normalized spacial score (nSPS) is 12.5. The second-order valence-electron chi connectivity index (χ2n) is 3.40. The van der Waals surface area contributed by atoms with Crippen molar-refractivity contribution in [2.75, 3.05) is 6.54 Å². The van der Waals surface area contributed by atoms with Gasteiger partial charge in [0.25, 0.3) is 5.91 Å². The first-order valence-corrected chi connectivity index (χ1v) is 4.63. The van der Waals surface area contributed by atoms with E-state index in [-0.39, 0.29) is 11.9 Å². The Morgan fingerprint density at radius 2 is 2.50 bits per heavy atom. The molecule has 0 bridgehead atoms. The zero-order valence-electron chi connectivity index (χ0n) is 8.53. The van der Waals surface area contributed by atoms with Gasteiger partial charge in [-0.05, 0) is 19.4 Å². The monoisotopic (exact) mass is 196 g/mol. The first-order chi connectivity index (χ1) is 6.59. The number of hydrogen-bond acceptors (Lipinski definition) is 3. The molecule has 78 valence electrons. The molecule has 0 aliphatic carbocycles. The highest BCUT2D eigenvalue weighted by Crippen LogP contribution is 1.93. The first-order valence-electron chi connectivity index (χ1n) is 4.63. The van der Waals surface area contributed by atoms with E-state index in [1.807, 2.05) is 6.92 Å². The van der Waals surface area contributed by atoms with E-state index < -0.39 is 0 Å². The fraction of sp³-hybridized carbons (Fsp3) is 0.556. The van der Waals surface area contributed by atoms with Gasteiger partial charge in [0.2, 0.25) is 0 Å². The zero-order valence-corrected chi connectivity index (χ0v) is 8.53. The highest BCUT2D eigenvalue weighted by Gasteiger charge is 2.07. The minimum absolute atomic E-state index is 0.110. The van der Waals surface area contributed by atoms with Crippen molar-refractivity contribution in [1.29, 1.82) is 0 Å². The molecule has 0 aliphatic heterocycles. The molecule has 0 saturated heterocycles. The molecule has 0 aromatic carbocycles. The third-order valence-corrected chi connectivity index (χ3v) is 1.83. The molecular weight excluding hydrogens is 180 g/mol. The van der Waals surface area contributed by atoms with Crippen molar-refractivity contribution in [2.45, 2.75) is 19.4 Å². The highest BCUT2D eigenvalue weighted by atomic mass is 16.1. The summed E-state index contributed by atoms with van der Waals surface area (Å²) in [7, 11) is 1.78. The molecule has 0 spiro atoms. The van der Waals surface area contributed by atoms with Crippen LogP contribution < -0.4 is 11.1 Å². The Labute approximate surface area is 83.3 Å². The van der Waals surface area contributed by atoms with E-state index in [0.717, 1.165) is 6.42 Å². The summed E-state index contributed by atoms with van der Waals surface area (Å²) < 4.78 is 1.60. The molecule has 3 N–H and O–H groups in total. The lowest BCUT2D eigenvalue weighted by Gasteiger charge is -2.05. The third-order valence-electron chi connectivity index (χ3n) is 1.83. The molecule has 1 aromatic rings. The van der Waals surface area contributed by atoms with Crippen molar-refractivity contribution >= 4 is 5.91 Å². The number of aromatic nitrogens is 2. The van der Waals surface area contributed by atoms with Crippen molar-refractivity contribution in [3.05, 3.63) is 18.0 Å². The van der Waals surface area contributed by atoms with Crippen LogP contribution in [-0.4, -0.2) is 28.3 Å². The van der Waals surface area contributed by atoms with Gasteiger partial charge in [-0.3, -0.25) is 9.48 Å². The molecule has 5 nitrogen and oxygen atoms in total. The fourth-order valence-corrected chi connectivity index (χ4v) is 1.04. The van der Waals surface area contributed by atoms with Crippen molar-refractivity contribution in [2.24, 2.45) is 12.8 Å². The van der Waals surface area contributed by atoms with Crippen LogP contribution in [0.25, 0.3) is 0 Å². The summed E-state index contributed by atoms with van der Waals surface area (Å²) in [5.41, 5.74) is 5.99. The van der Waals surface area contributed by atoms with Gasteiger partial charge < -0.3 is 11.1 Å². The number of nitrogens with zero attached hydrogens (tertiary/aromatic N) is 2. The Morgan fingerprint density at radius 1 is 1.79 bits per heavy atom. The molecule has 1 aromatic heterocycles. The highest BCUT2D eigenvalue weighted by molar-refractivity contribution is 5.92. The Bertz CT molecular complexity index is 306. The fourth-order valence-electron chi connectivity index (χ4n) is 1.04. The maximum Gasteiger partial charge on any atom is 0.271 e. The molecule has 1 amide bonds. The van der Waals surface area contributed by atoms with E-state index in [0.29, 0.717) is 12.2 Å². The van der Waals surface area contributed by atoms with E-state index in [2.05, 4.69) is 10.4 Å². The molecule has 1 unspecified atom stereocenters. The largest absolute Gasteiger partial charge is 0.351 e. The predicted molar refractivity (Wildman–Crippen MR) is 53.8 cm³/mol. The van der Waals surface area contributed by atoms with Gasteiger partial charge in [0.1, 0.15) is 5.69 Å². The molecule has 1 rings (SSSR count). The summed E-state index contributed by atoms with van der Waals surface area (Å²) in [6.07, 6.45) is 2.51. The lowest BCUT2D eigenvalue weighted by atomic mass is 10.2. The topological polar surface area (TPSA) is 72.9 Å². The molecule has 0 fully saturated rings.